The lowest BCUT2D eigenvalue weighted by molar-refractivity contribution is 0.185. The molecule has 2 aromatic rings. The van der Waals surface area contributed by atoms with Gasteiger partial charge in [-0.15, -0.1) is 12.4 Å². The van der Waals surface area contributed by atoms with E-state index in [2.05, 4.69) is 111 Å². The Balaban J connectivity index is 0.000000339. The van der Waals surface area contributed by atoms with Gasteiger partial charge in [0.1, 0.15) is 0 Å². The molecule has 2 unspecified atom stereocenters. The van der Waals surface area contributed by atoms with E-state index in [1.165, 1.54) is 11.1 Å². The molecule has 0 aromatic heterocycles. The summed E-state index contributed by atoms with van der Waals surface area (Å²) in [5.41, 5.74) is 2.69. The first-order valence-electron chi connectivity index (χ1n) is 10.4. The normalized spacial score (nSPS) is 19.1. The molecule has 156 valence electrons. The van der Waals surface area contributed by atoms with Crippen molar-refractivity contribution >= 4 is 12.4 Å². The Morgan fingerprint density at radius 3 is 1.36 bits per heavy atom. The van der Waals surface area contributed by atoms with Crippen molar-refractivity contribution in [2.45, 2.75) is 58.8 Å². The van der Waals surface area contributed by atoms with Crippen molar-refractivity contribution in [1.82, 2.24) is 15.5 Å². The summed E-state index contributed by atoms with van der Waals surface area (Å²) in [6.45, 7) is 14.4. The highest BCUT2D eigenvalue weighted by atomic mass is 35.5. The third kappa shape index (κ3) is 7.21. The topological polar surface area (TPSA) is 27.3 Å². The summed E-state index contributed by atoms with van der Waals surface area (Å²) >= 11 is 0. The summed E-state index contributed by atoms with van der Waals surface area (Å²) in [6, 6.07) is 23.4. The first-order valence-corrected chi connectivity index (χ1v) is 10.4. The molecule has 0 aliphatic carbocycles. The van der Waals surface area contributed by atoms with Gasteiger partial charge in [-0.1, -0.05) is 67.6 Å². The van der Waals surface area contributed by atoms with Crippen LogP contribution < -0.4 is 10.6 Å². The van der Waals surface area contributed by atoms with Crippen LogP contribution in [0.25, 0.3) is 0 Å². The van der Waals surface area contributed by atoms with Crippen molar-refractivity contribution in [3.8, 4) is 0 Å². The van der Waals surface area contributed by atoms with Gasteiger partial charge in [0.25, 0.3) is 0 Å². The van der Waals surface area contributed by atoms with Gasteiger partial charge in [-0.3, -0.25) is 4.90 Å². The van der Waals surface area contributed by atoms with Crippen molar-refractivity contribution < 1.29 is 0 Å². The van der Waals surface area contributed by atoms with Gasteiger partial charge in [0.05, 0.1) is 12.1 Å². The van der Waals surface area contributed by atoms with Gasteiger partial charge in [0.2, 0.25) is 0 Å². The van der Waals surface area contributed by atoms with E-state index in [-0.39, 0.29) is 12.4 Å². The average Bonchev–Trinajstić information content (AvgIpc) is 2.70. The molecule has 0 amide bonds. The molecule has 0 radical (unpaired) electrons. The van der Waals surface area contributed by atoms with Crippen LogP contribution in [-0.2, 0) is 0 Å². The van der Waals surface area contributed by atoms with Gasteiger partial charge in [0, 0.05) is 25.2 Å². The van der Waals surface area contributed by atoms with Gasteiger partial charge in [0.15, 0.2) is 0 Å². The number of benzene rings is 2. The number of hydrogen-bond acceptors (Lipinski definition) is 3. The summed E-state index contributed by atoms with van der Waals surface area (Å²) in [4.78, 5) is 2.46. The monoisotopic (exact) mass is 403 g/mol. The zero-order chi connectivity index (χ0) is 19.6. The van der Waals surface area contributed by atoms with E-state index in [1.54, 1.807) is 0 Å². The van der Waals surface area contributed by atoms with Crippen LogP contribution in [0.3, 0.4) is 0 Å². The highest BCUT2D eigenvalue weighted by Gasteiger charge is 2.26. The molecular weight excluding hydrogens is 366 g/mol. The highest BCUT2D eigenvalue weighted by Crippen LogP contribution is 2.30. The number of nitrogens with zero attached hydrogens (tertiary/aromatic N) is 1. The van der Waals surface area contributed by atoms with E-state index in [1.807, 2.05) is 0 Å². The van der Waals surface area contributed by atoms with Crippen molar-refractivity contribution in [2.75, 3.05) is 19.6 Å². The summed E-state index contributed by atoms with van der Waals surface area (Å²) in [7, 11) is 0. The third-order valence-corrected chi connectivity index (χ3v) is 5.20. The number of nitrogens with one attached hydrogen (secondary N) is 2. The maximum atomic E-state index is 3.62. The summed E-state index contributed by atoms with van der Waals surface area (Å²) < 4.78 is 0. The summed E-state index contributed by atoms with van der Waals surface area (Å²) in [5.74, 6) is 0. The van der Waals surface area contributed by atoms with Gasteiger partial charge in [-0.25, -0.2) is 0 Å². The van der Waals surface area contributed by atoms with Crippen LogP contribution >= 0.6 is 12.4 Å². The maximum absolute atomic E-state index is 3.62. The minimum absolute atomic E-state index is 0. The molecule has 28 heavy (non-hydrogen) atoms. The predicted molar refractivity (Wildman–Crippen MR) is 124 cm³/mol. The number of piperazine rings is 1. The Bertz CT molecular complexity index is 575. The highest BCUT2D eigenvalue weighted by molar-refractivity contribution is 5.85. The Labute approximate surface area is 178 Å². The molecule has 0 spiro atoms. The predicted octanol–water partition coefficient (Wildman–Crippen LogP) is 5.21. The minimum atomic E-state index is 0. The number of rotatable bonds is 5. The molecule has 0 saturated carbocycles. The third-order valence-electron chi connectivity index (χ3n) is 5.20. The molecule has 2 aromatic carbocycles. The SMILES string of the molecule is CCN(C(C)C)C(C)C.Cl.c1ccc(C2NCCNC2c2ccccc2)cc1. The molecule has 3 rings (SSSR count). The van der Waals surface area contributed by atoms with Crippen LogP contribution in [0.5, 0.6) is 0 Å². The van der Waals surface area contributed by atoms with Gasteiger partial charge in [-0.2, -0.15) is 0 Å². The van der Waals surface area contributed by atoms with E-state index < -0.39 is 0 Å². The lowest BCUT2D eigenvalue weighted by Crippen LogP contribution is -2.45. The quantitative estimate of drug-likeness (QED) is 0.717. The van der Waals surface area contributed by atoms with E-state index in [4.69, 9.17) is 0 Å². The molecule has 0 bridgehead atoms. The zero-order valence-corrected chi connectivity index (χ0v) is 18.9. The van der Waals surface area contributed by atoms with Crippen molar-refractivity contribution in [3.63, 3.8) is 0 Å². The van der Waals surface area contributed by atoms with Crippen LogP contribution in [0.4, 0.5) is 0 Å². The second-order valence-corrected chi connectivity index (χ2v) is 7.70. The Morgan fingerprint density at radius 1 is 0.750 bits per heavy atom. The Morgan fingerprint density at radius 2 is 1.11 bits per heavy atom. The molecule has 3 nitrogen and oxygen atoms in total. The van der Waals surface area contributed by atoms with Gasteiger partial charge >= 0.3 is 0 Å². The van der Waals surface area contributed by atoms with Crippen LogP contribution in [-0.4, -0.2) is 36.6 Å². The fourth-order valence-electron chi connectivity index (χ4n) is 3.96. The first-order chi connectivity index (χ1) is 13.0. The fraction of sp³-hybridized carbons (Fsp3) is 0.500. The molecule has 2 atom stereocenters. The van der Waals surface area contributed by atoms with E-state index >= 15 is 0 Å². The second-order valence-electron chi connectivity index (χ2n) is 7.70. The second kappa shape index (κ2) is 12.9. The lowest BCUT2D eigenvalue weighted by Gasteiger charge is -2.34. The average molecular weight is 404 g/mol. The molecule has 2 N–H and O–H groups in total. The van der Waals surface area contributed by atoms with Crippen molar-refractivity contribution in [1.29, 1.82) is 0 Å². The van der Waals surface area contributed by atoms with Crippen LogP contribution in [0.2, 0.25) is 0 Å². The minimum Gasteiger partial charge on any atom is -0.307 e. The molecular formula is C24H38ClN3. The van der Waals surface area contributed by atoms with Crippen LogP contribution in [0, 0.1) is 0 Å². The Hall–Kier alpha value is -1.39. The molecule has 1 fully saturated rings. The Kier molecular flexibility index (Phi) is 11.4. The lowest BCUT2D eigenvalue weighted by atomic mass is 9.92. The van der Waals surface area contributed by atoms with Gasteiger partial charge in [-0.05, 0) is 45.4 Å². The zero-order valence-electron chi connectivity index (χ0n) is 18.1. The maximum Gasteiger partial charge on any atom is 0.0518 e. The standard InChI is InChI=1S/C16H18N2.C8H19N.ClH/c1-3-7-13(8-4-1)15-16(18-12-11-17-15)14-9-5-2-6-10-14;1-6-9(7(2)3)8(4)5;/h1-10,15-18H,11-12H2;7-8H,6H2,1-5H3;1H. The molecule has 1 aliphatic rings. The van der Waals surface area contributed by atoms with E-state index in [9.17, 15) is 0 Å². The smallest absolute Gasteiger partial charge is 0.0518 e. The van der Waals surface area contributed by atoms with E-state index in [0.29, 0.717) is 24.2 Å². The fourth-order valence-corrected chi connectivity index (χ4v) is 3.96. The largest absolute Gasteiger partial charge is 0.307 e. The summed E-state index contributed by atoms with van der Waals surface area (Å²) in [5, 5.41) is 7.24. The van der Waals surface area contributed by atoms with Crippen molar-refractivity contribution in [2.24, 2.45) is 0 Å². The van der Waals surface area contributed by atoms with Gasteiger partial charge < -0.3 is 10.6 Å². The van der Waals surface area contributed by atoms with E-state index in [0.717, 1.165) is 19.6 Å². The van der Waals surface area contributed by atoms with Crippen LogP contribution in [0.15, 0.2) is 60.7 Å². The number of hydrogen-bond donors (Lipinski definition) is 2. The molecule has 4 heteroatoms. The molecule has 1 aliphatic heterocycles. The van der Waals surface area contributed by atoms with Crippen LogP contribution in [0.1, 0.15) is 57.8 Å². The van der Waals surface area contributed by atoms with Crippen molar-refractivity contribution in [3.05, 3.63) is 71.8 Å². The molecule has 1 saturated heterocycles. The summed E-state index contributed by atoms with van der Waals surface area (Å²) in [6.07, 6.45) is 0. The number of halogens is 1. The first kappa shape index (κ1) is 24.6. The molecule has 1 heterocycles.